The molecule has 0 aliphatic rings. The second-order valence-corrected chi connectivity index (χ2v) is 6.28. The minimum absolute atomic E-state index is 0.147. The molecule has 0 spiro atoms. The van der Waals surface area contributed by atoms with Gasteiger partial charge in [0.25, 0.3) is 5.91 Å². The van der Waals surface area contributed by atoms with Crippen LogP contribution in [0.3, 0.4) is 0 Å². The van der Waals surface area contributed by atoms with Gasteiger partial charge >= 0.3 is 0 Å². The standard InChI is InChI=1S/C23H27NO3/c1-3-5-6-13-19(25)17-27-22-16-10-8-14-20(22)23(26)24-21-15-9-7-12-18(21)11-4-2/h3-4,7-10,12,14-16,19,25H,1-2,5-6,11,13,17H2,(H,24,26). The molecule has 0 saturated heterocycles. The number of anilines is 1. The molecule has 0 saturated carbocycles. The molecule has 142 valence electrons. The number of unbranched alkanes of at least 4 members (excludes halogenated alkanes) is 1. The lowest BCUT2D eigenvalue weighted by atomic mass is 10.1. The van der Waals surface area contributed by atoms with Crippen molar-refractivity contribution in [1.29, 1.82) is 0 Å². The zero-order valence-electron chi connectivity index (χ0n) is 15.6. The van der Waals surface area contributed by atoms with E-state index in [2.05, 4.69) is 18.5 Å². The fourth-order valence-corrected chi connectivity index (χ4v) is 2.71. The molecule has 0 fully saturated rings. The Hall–Kier alpha value is -2.85. The van der Waals surface area contributed by atoms with Gasteiger partial charge in [0.15, 0.2) is 0 Å². The number of hydrogen-bond acceptors (Lipinski definition) is 3. The summed E-state index contributed by atoms with van der Waals surface area (Å²) in [6.45, 7) is 7.57. The SMILES string of the molecule is C=CCCCC(O)COc1ccccc1C(=O)Nc1ccccc1CC=C. The van der Waals surface area contributed by atoms with E-state index in [1.807, 2.05) is 36.4 Å². The summed E-state index contributed by atoms with van der Waals surface area (Å²) in [4.78, 5) is 12.8. The highest BCUT2D eigenvalue weighted by atomic mass is 16.5. The van der Waals surface area contributed by atoms with Crippen molar-refractivity contribution in [3.05, 3.63) is 85.0 Å². The first-order valence-electron chi connectivity index (χ1n) is 9.16. The van der Waals surface area contributed by atoms with Crippen molar-refractivity contribution < 1.29 is 14.6 Å². The van der Waals surface area contributed by atoms with Crippen LogP contribution in [0.15, 0.2) is 73.8 Å². The van der Waals surface area contributed by atoms with Crippen LogP contribution in [0.5, 0.6) is 5.75 Å². The van der Waals surface area contributed by atoms with E-state index in [0.717, 1.165) is 24.1 Å². The first-order valence-corrected chi connectivity index (χ1v) is 9.16. The van der Waals surface area contributed by atoms with Gasteiger partial charge in [-0.05, 0) is 49.4 Å². The topological polar surface area (TPSA) is 58.6 Å². The number of aliphatic hydroxyl groups is 1. The predicted octanol–water partition coefficient (Wildman–Crippen LogP) is 4.76. The van der Waals surface area contributed by atoms with Crippen molar-refractivity contribution >= 4 is 11.6 Å². The maximum absolute atomic E-state index is 12.8. The maximum atomic E-state index is 12.8. The van der Waals surface area contributed by atoms with Crippen molar-refractivity contribution in [3.8, 4) is 5.75 Å². The Kier molecular flexibility index (Phi) is 8.33. The number of allylic oxidation sites excluding steroid dienone is 2. The molecule has 0 heterocycles. The van der Waals surface area contributed by atoms with E-state index in [0.29, 0.717) is 24.2 Å². The molecule has 27 heavy (non-hydrogen) atoms. The Bertz CT molecular complexity index is 770. The second-order valence-electron chi connectivity index (χ2n) is 6.28. The first kappa shape index (κ1) is 20.5. The number of benzene rings is 2. The minimum Gasteiger partial charge on any atom is -0.490 e. The van der Waals surface area contributed by atoms with E-state index < -0.39 is 6.10 Å². The van der Waals surface area contributed by atoms with Gasteiger partial charge in [0.05, 0.1) is 11.7 Å². The number of aliphatic hydroxyl groups excluding tert-OH is 1. The van der Waals surface area contributed by atoms with Crippen molar-refractivity contribution in [2.75, 3.05) is 11.9 Å². The average Bonchev–Trinajstić information content (AvgIpc) is 2.68. The highest BCUT2D eigenvalue weighted by Gasteiger charge is 2.15. The molecule has 4 nitrogen and oxygen atoms in total. The van der Waals surface area contributed by atoms with Gasteiger partial charge in [-0.3, -0.25) is 4.79 Å². The Morgan fingerprint density at radius 1 is 1.11 bits per heavy atom. The Labute approximate surface area is 161 Å². The van der Waals surface area contributed by atoms with Crippen molar-refractivity contribution in [1.82, 2.24) is 0 Å². The number of amides is 1. The van der Waals surface area contributed by atoms with E-state index in [1.54, 1.807) is 24.3 Å². The summed E-state index contributed by atoms with van der Waals surface area (Å²) in [6.07, 6.45) is 6.08. The highest BCUT2D eigenvalue weighted by Crippen LogP contribution is 2.22. The number of ether oxygens (including phenoxy) is 1. The average molecular weight is 365 g/mol. The molecular weight excluding hydrogens is 338 g/mol. The van der Waals surface area contributed by atoms with E-state index in [9.17, 15) is 9.90 Å². The molecule has 0 bridgehead atoms. The van der Waals surface area contributed by atoms with E-state index in [-0.39, 0.29) is 12.5 Å². The smallest absolute Gasteiger partial charge is 0.259 e. The molecule has 0 aliphatic heterocycles. The summed E-state index contributed by atoms with van der Waals surface area (Å²) in [7, 11) is 0. The molecule has 1 amide bonds. The van der Waals surface area contributed by atoms with Crippen LogP contribution in [0.1, 0.15) is 35.2 Å². The molecule has 2 aromatic carbocycles. The largest absolute Gasteiger partial charge is 0.490 e. The summed E-state index contributed by atoms with van der Waals surface area (Å²) in [5.41, 5.74) is 2.18. The van der Waals surface area contributed by atoms with Gasteiger partial charge in [-0.25, -0.2) is 0 Å². The van der Waals surface area contributed by atoms with Crippen LogP contribution in [0, 0.1) is 0 Å². The molecule has 4 heteroatoms. The van der Waals surface area contributed by atoms with E-state index in [4.69, 9.17) is 4.74 Å². The second kappa shape index (κ2) is 11.0. The number of nitrogens with one attached hydrogen (secondary N) is 1. The van der Waals surface area contributed by atoms with Crippen LogP contribution in [0.4, 0.5) is 5.69 Å². The third-order valence-electron chi connectivity index (χ3n) is 4.14. The van der Waals surface area contributed by atoms with Crippen molar-refractivity contribution in [2.24, 2.45) is 0 Å². The van der Waals surface area contributed by atoms with Crippen LogP contribution in [0.25, 0.3) is 0 Å². The van der Waals surface area contributed by atoms with Gasteiger partial charge < -0.3 is 15.2 Å². The van der Waals surface area contributed by atoms with E-state index in [1.165, 1.54) is 0 Å². The fourth-order valence-electron chi connectivity index (χ4n) is 2.71. The molecular formula is C23H27NO3. The van der Waals surface area contributed by atoms with Crippen molar-refractivity contribution in [2.45, 2.75) is 31.8 Å². The highest BCUT2D eigenvalue weighted by molar-refractivity contribution is 6.06. The molecule has 1 unspecified atom stereocenters. The van der Waals surface area contributed by atoms with Crippen LogP contribution in [0.2, 0.25) is 0 Å². The number of hydrogen-bond donors (Lipinski definition) is 2. The molecule has 1 atom stereocenters. The lowest BCUT2D eigenvalue weighted by molar-refractivity contribution is 0.0942. The quantitative estimate of drug-likeness (QED) is 0.446. The molecule has 2 N–H and O–H groups in total. The normalized spacial score (nSPS) is 11.4. The van der Waals surface area contributed by atoms with Gasteiger partial charge in [-0.15, -0.1) is 13.2 Å². The molecule has 0 radical (unpaired) electrons. The van der Waals surface area contributed by atoms with E-state index >= 15 is 0 Å². The summed E-state index contributed by atoms with van der Waals surface area (Å²) in [5, 5.41) is 13.0. The third-order valence-corrected chi connectivity index (χ3v) is 4.14. The molecule has 0 aromatic heterocycles. The zero-order chi connectivity index (χ0) is 19.5. The van der Waals surface area contributed by atoms with Gasteiger partial charge in [-0.1, -0.05) is 42.5 Å². The van der Waals surface area contributed by atoms with Crippen molar-refractivity contribution in [3.63, 3.8) is 0 Å². The number of para-hydroxylation sites is 2. The molecule has 2 aromatic rings. The monoisotopic (exact) mass is 365 g/mol. The summed E-state index contributed by atoms with van der Waals surface area (Å²) < 4.78 is 5.71. The van der Waals surface area contributed by atoms with Gasteiger partial charge in [0, 0.05) is 5.69 Å². The fraction of sp³-hybridized carbons (Fsp3) is 0.261. The van der Waals surface area contributed by atoms with Gasteiger partial charge in [0.1, 0.15) is 12.4 Å². The molecule has 0 aliphatic carbocycles. The van der Waals surface area contributed by atoms with Crippen LogP contribution in [-0.4, -0.2) is 23.7 Å². The number of carbonyl (C=O) groups excluding carboxylic acids is 1. The number of carbonyl (C=O) groups is 1. The zero-order valence-corrected chi connectivity index (χ0v) is 15.6. The lowest BCUT2D eigenvalue weighted by Crippen LogP contribution is -2.20. The van der Waals surface area contributed by atoms with Crippen LogP contribution >= 0.6 is 0 Å². The summed E-state index contributed by atoms with van der Waals surface area (Å²) >= 11 is 0. The third kappa shape index (κ3) is 6.42. The molecule has 2 rings (SSSR count). The Morgan fingerprint density at radius 2 is 1.85 bits per heavy atom. The Morgan fingerprint density at radius 3 is 2.63 bits per heavy atom. The van der Waals surface area contributed by atoms with Gasteiger partial charge in [0.2, 0.25) is 0 Å². The van der Waals surface area contributed by atoms with Crippen LogP contribution in [-0.2, 0) is 6.42 Å². The maximum Gasteiger partial charge on any atom is 0.259 e. The number of rotatable bonds is 11. The minimum atomic E-state index is -0.575. The van der Waals surface area contributed by atoms with Gasteiger partial charge in [-0.2, -0.15) is 0 Å². The first-order chi connectivity index (χ1) is 13.2. The van der Waals surface area contributed by atoms with Crippen LogP contribution < -0.4 is 10.1 Å². The summed E-state index contributed by atoms with van der Waals surface area (Å²) in [6, 6.07) is 14.7. The lowest BCUT2D eigenvalue weighted by Gasteiger charge is -2.15. The Balaban J connectivity index is 2.05. The predicted molar refractivity (Wildman–Crippen MR) is 110 cm³/mol. The summed E-state index contributed by atoms with van der Waals surface area (Å²) in [5.74, 6) is 0.210.